The number of para-hydroxylation sites is 1. The SMILES string of the molecule is N#Cc1c(-c2ccccc2)nc(NN=Cc2cccc(COc3c(F)cccc3F)c2)[nH]c1=O. The van der Waals surface area contributed by atoms with Crippen LogP contribution in [-0.4, -0.2) is 16.2 Å². The topological polar surface area (TPSA) is 103 Å². The maximum atomic E-state index is 13.7. The highest BCUT2D eigenvalue weighted by atomic mass is 19.1. The number of nitriles is 1. The van der Waals surface area contributed by atoms with Crippen LogP contribution in [0.2, 0.25) is 0 Å². The molecule has 7 nitrogen and oxygen atoms in total. The second kappa shape index (κ2) is 10.2. The Balaban J connectivity index is 1.48. The van der Waals surface area contributed by atoms with Gasteiger partial charge in [0.1, 0.15) is 18.2 Å². The van der Waals surface area contributed by atoms with Crippen molar-refractivity contribution in [2.24, 2.45) is 5.10 Å². The molecular formula is C25H17F2N5O2. The highest BCUT2D eigenvalue weighted by Gasteiger charge is 2.13. The number of ether oxygens (including phenoxy) is 1. The summed E-state index contributed by atoms with van der Waals surface area (Å²) in [5.74, 6) is -1.93. The van der Waals surface area contributed by atoms with Crippen LogP contribution in [0.15, 0.2) is 82.7 Å². The van der Waals surface area contributed by atoms with E-state index in [0.717, 1.165) is 12.1 Å². The van der Waals surface area contributed by atoms with Gasteiger partial charge in [-0.2, -0.15) is 10.4 Å². The normalized spacial score (nSPS) is 10.7. The Hall–Kier alpha value is -4.84. The van der Waals surface area contributed by atoms with Crippen molar-refractivity contribution in [3.63, 3.8) is 0 Å². The molecule has 0 radical (unpaired) electrons. The lowest BCUT2D eigenvalue weighted by Crippen LogP contribution is -2.16. The van der Waals surface area contributed by atoms with Crippen molar-refractivity contribution in [2.75, 3.05) is 5.43 Å². The Morgan fingerprint density at radius 3 is 2.53 bits per heavy atom. The van der Waals surface area contributed by atoms with Crippen molar-refractivity contribution in [2.45, 2.75) is 6.61 Å². The summed E-state index contributed by atoms with van der Waals surface area (Å²) in [6.45, 7) is -0.0438. The fraction of sp³-hybridized carbons (Fsp3) is 0.0400. The van der Waals surface area contributed by atoms with Gasteiger partial charge >= 0.3 is 0 Å². The van der Waals surface area contributed by atoms with Gasteiger partial charge in [0.2, 0.25) is 5.95 Å². The molecule has 2 N–H and O–H groups in total. The number of hydrogen-bond donors (Lipinski definition) is 2. The third-order valence-corrected chi connectivity index (χ3v) is 4.72. The molecule has 9 heteroatoms. The minimum absolute atomic E-state index is 0.0438. The molecule has 0 aliphatic carbocycles. The number of nitrogens with one attached hydrogen (secondary N) is 2. The van der Waals surface area contributed by atoms with Gasteiger partial charge in [0.15, 0.2) is 17.4 Å². The molecule has 0 spiro atoms. The third kappa shape index (κ3) is 5.14. The van der Waals surface area contributed by atoms with Gasteiger partial charge in [0.25, 0.3) is 5.56 Å². The molecule has 34 heavy (non-hydrogen) atoms. The van der Waals surface area contributed by atoms with Crippen LogP contribution in [0.5, 0.6) is 5.75 Å². The molecule has 4 aromatic rings. The van der Waals surface area contributed by atoms with E-state index in [1.54, 1.807) is 48.5 Å². The average Bonchev–Trinajstić information content (AvgIpc) is 2.84. The summed E-state index contributed by atoms with van der Waals surface area (Å²) in [4.78, 5) is 19.1. The lowest BCUT2D eigenvalue weighted by atomic mass is 10.1. The molecule has 0 bridgehead atoms. The summed E-state index contributed by atoms with van der Waals surface area (Å²) in [7, 11) is 0. The monoisotopic (exact) mass is 457 g/mol. The molecule has 0 saturated carbocycles. The largest absolute Gasteiger partial charge is 0.483 e. The van der Waals surface area contributed by atoms with Crippen LogP contribution in [0.25, 0.3) is 11.3 Å². The summed E-state index contributed by atoms with van der Waals surface area (Å²) < 4.78 is 32.7. The van der Waals surface area contributed by atoms with Crippen molar-refractivity contribution in [3.05, 3.63) is 111 Å². The number of hydrazone groups is 1. The molecule has 4 rings (SSSR count). The number of H-pyrrole nitrogens is 1. The fourth-order valence-electron chi connectivity index (χ4n) is 3.14. The predicted molar refractivity (Wildman–Crippen MR) is 123 cm³/mol. The van der Waals surface area contributed by atoms with Crippen LogP contribution in [0.1, 0.15) is 16.7 Å². The van der Waals surface area contributed by atoms with E-state index >= 15 is 0 Å². The second-order valence-corrected chi connectivity index (χ2v) is 7.07. The molecule has 3 aromatic carbocycles. The van der Waals surface area contributed by atoms with Crippen LogP contribution >= 0.6 is 0 Å². The van der Waals surface area contributed by atoms with Gasteiger partial charge in [-0.1, -0.05) is 54.6 Å². The van der Waals surface area contributed by atoms with Gasteiger partial charge in [-0.15, -0.1) is 0 Å². The Labute approximate surface area is 193 Å². The summed E-state index contributed by atoms with van der Waals surface area (Å²) >= 11 is 0. The van der Waals surface area contributed by atoms with E-state index in [-0.39, 0.29) is 23.8 Å². The first-order valence-electron chi connectivity index (χ1n) is 10.1. The lowest BCUT2D eigenvalue weighted by Gasteiger charge is -2.08. The highest BCUT2D eigenvalue weighted by molar-refractivity contribution is 5.80. The molecule has 0 aliphatic heterocycles. The summed E-state index contributed by atoms with van der Waals surface area (Å²) in [6, 6.07) is 21.2. The quantitative estimate of drug-likeness (QED) is 0.312. The summed E-state index contributed by atoms with van der Waals surface area (Å²) in [5, 5.41) is 13.4. The number of aromatic amines is 1. The van der Waals surface area contributed by atoms with E-state index in [1.165, 1.54) is 12.3 Å². The molecule has 0 atom stereocenters. The first-order valence-corrected chi connectivity index (χ1v) is 10.1. The van der Waals surface area contributed by atoms with Gasteiger partial charge in [-0.05, 0) is 29.3 Å². The van der Waals surface area contributed by atoms with Crippen LogP contribution in [0.4, 0.5) is 14.7 Å². The molecule has 0 amide bonds. The Morgan fingerprint density at radius 2 is 1.79 bits per heavy atom. The van der Waals surface area contributed by atoms with Crippen LogP contribution < -0.4 is 15.7 Å². The van der Waals surface area contributed by atoms with Crippen molar-refractivity contribution >= 4 is 12.2 Å². The third-order valence-electron chi connectivity index (χ3n) is 4.72. The predicted octanol–water partition coefficient (Wildman–Crippen LogP) is 4.61. The van der Waals surface area contributed by atoms with Crippen LogP contribution in [0.3, 0.4) is 0 Å². The molecule has 1 aromatic heterocycles. The lowest BCUT2D eigenvalue weighted by molar-refractivity contribution is 0.274. The first-order chi connectivity index (χ1) is 16.5. The number of rotatable bonds is 7. The zero-order valence-corrected chi connectivity index (χ0v) is 17.6. The molecule has 0 saturated heterocycles. The van der Waals surface area contributed by atoms with Gasteiger partial charge in [0.05, 0.1) is 11.9 Å². The summed E-state index contributed by atoms with van der Waals surface area (Å²) in [5.41, 5.74) is 4.16. The van der Waals surface area contributed by atoms with Crippen molar-refractivity contribution in [1.82, 2.24) is 9.97 Å². The molecular weight excluding hydrogens is 440 g/mol. The minimum Gasteiger partial charge on any atom is -0.483 e. The van der Waals surface area contributed by atoms with Crippen molar-refractivity contribution in [1.29, 1.82) is 5.26 Å². The number of anilines is 1. The smallest absolute Gasteiger partial charge is 0.270 e. The van der Waals surface area contributed by atoms with E-state index in [9.17, 15) is 18.8 Å². The van der Waals surface area contributed by atoms with E-state index in [0.29, 0.717) is 16.7 Å². The van der Waals surface area contributed by atoms with E-state index < -0.39 is 22.9 Å². The van der Waals surface area contributed by atoms with E-state index in [4.69, 9.17) is 4.74 Å². The highest BCUT2D eigenvalue weighted by Crippen LogP contribution is 2.22. The molecule has 0 aliphatic rings. The Kier molecular flexibility index (Phi) is 6.70. The van der Waals surface area contributed by atoms with Crippen LogP contribution in [0, 0.1) is 23.0 Å². The maximum absolute atomic E-state index is 13.7. The fourth-order valence-corrected chi connectivity index (χ4v) is 3.14. The minimum atomic E-state index is -0.777. The maximum Gasteiger partial charge on any atom is 0.270 e. The van der Waals surface area contributed by atoms with Gasteiger partial charge in [-0.3, -0.25) is 9.78 Å². The van der Waals surface area contributed by atoms with Crippen molar-refractivity contribution in [3.8, 4) is 23.1 Å². The van der Waals surface area contributed by atoms with Gasteiger partial charge in [-0.25, -0.2) is 19.2 Å². The Morgan fingerprint density at radius 1 is 1.06 bits per heavy atom. The second-order valence-electron chi connectivity index (χ2n) is 7.07. The average molecular weight is 457 g/mol. The number of nitrogens with zero attached hydrogens (tertiary/aromatic N) is 3. The molecule has 168 valence electrons. The van der Waals surface area contributed by atoms with E-state index in [2.05, 4.69) is 20.5 Å². The van der Waals surface area contributed by atoms with E-state index in [1.807, 2.05) is 12.1 Å². The molecule has 0 fully saturated rings. The zero-order chi connectivity index (χ0) is 23.9. The Bertz CT molecular complexity index is 1430. The van der Waals surface area contributed by atoms with Crippen molar-refractivity contribution < 1.29 is 13.5 Å². The first kappa shape index (κ1) is 22.4. The molecule has 0 unspecified atom stereocenters. The number of halogens is 2. The number of benzene rings is 3. The number of aromatic nitrogens is 2. The number of hydrogen-bond acceptors (Lipinski definition) is 6. The molecule has 1 heterocycles. The standard InChI is InChI=1S/C25H17F2N5O2/c26-20-10-5-11-21(27)23(20)34-15-17-7-4-6-16(12-17)14-29-32-25-30-22(18-8-2-1-3-9-18)19(13-28)24(33)31-25/h1-12,14H,15H2,(H2,30,31,32,33). The zero-order valence-electron chi connectivity index (χ0n) is 17.6. The van der Waals surface area contributed by atoms with Gasteiger partial charge in [0, 0.05) is 5.56 Å². The van der Waals surface area contributed by atoms with Gasteiger partial charge < -0.3 is 4.74 Å². The van der Waals surface area contributed by atoms with Crippen LogP contribution in [-0.2, 0) is 6.61 Å². The summed E-state index contributed by atoms with van der Waals surface area (Å²) in [6.07, 6.45) is 1.48.